The van der Waals surface area contributed by atoms with Gasteiger partial charge in [-0.25, -0.2) is 4.79 Å². The fourth-order valence-electron chi connectivity index (χ4n) is 2.31. The predicted octanol–water partition coefficient (Wildman–Crippen LogP) is 1.20. The molecule has 0 unspecified atom stereocenters. The third kappa shape index (κ3) is 3.85. The number of carbonyl (C=O) groups excluding carboxylic acids is 1. The molecule has 0 bridgehead atoms. The molecule has 5 heteroatoms. The fraction of sp³-hybridized carbons (Fsp3) is 0.500. The van der Waals surface area contributed by atoms with Gasteiger partial charge in [-0.15, -0.1) is 0 Å². The summed E-state index contributed by atoms with van der Waals surface area (Å²) in [6.45, 7) is 6.55. The molecule has 1 aromatic carbocycles. The van der Waals surface area contributed by atoms with E-state index >= 15 is 0 Å². The first-order valence-electron chi connectivity index (χ1n) is 6.69. The largest absolute Gasteiger partial charge is 0.450 e. The molecular weight excluding hydrogens is 264 g/mol. The molecule has 1 heterocycles. The number of hydrogen-bond donors (Lipinski definition) is 1. The molecule has 0 atom stereocenters. The topological polar surface area (TPSA) is 34.0 Å². The van der Waals surface area contributed by atoms with E-state index in [1.165, 1.54) is 10.5 Å². The first kappa shape index (κ1) is 14.2. The van der Waals surface area contributed by atoms with Gasteiger partial charge in [-0.2, -0.15) is 0 Å². The van der Waals surface area contributed by atoms with Crippen molar-refractivity contribution in [1.29, 1.82) is 0 Å². The minimum Gasteiger partial charge on any atom is -0.450 e. The number of hydrogen-bond acceptors (Lipinski definition) is 2. The van der Waals surface area contributed by atoms with Crippen LogP contribution in [0, 0.1) is 0 Å². The second-order valence-electron chi connectivity index (χ2n) is 4.70. The van der Waals surface area contributed by atoms with E-state index in [-0.39, 0.29) is 6.09 Å². The molecule has 1 aliphatic heterocycles. The number of rotatable bonds is 3. The van der Waals surface area contributed by atoms with Gasteiger partial charge in [0, 0.05) is 10.6 Å². The van der Waals surface area contributed by atoms with Gasteiger partial charge >= 0.3 is 6.09 Å². The van der Waals surface area contributed by atoms with Crippen molar-refractivity contribution in [2.75, 3.05) is 32.8 Å². The van der Waals surface area contributed by atoms with Gasteiger partial charge in [-0.1, -0.05) is 29.8 Å². The van der Waals surface area contributed by atoms with Crippen molar-refractivity contribution >= 4 is 17.7 Å². The number of quaternary nitrogens is 1. The molecule has 0 saturated carbocycles. The Kier molecular flexibility index (Phi) is 5.05. The lowest BCUT2D eigenvalue weighted by atomic mass is 10.2. The van der Waals surface area contributed by atoms with Gasteiger partial charge in [-0.3, -0.25) is 4.90 Å². The first-order chi connectivity index (χ1) is 9.20. The number of amides is 1. The Balaban J connectivity index is 1.84. The van der Waals surface area contributed by atoms with Crippen LogP contribution < -0.4 is 4.90 Å². The summed E-state index contributed by atoms with van der Waals surface area (Å²) < 4.78 is 5.01. The van der Waals surface area contributed by atoms with Crippen LogP contribution in [0.15, 0.2) is 24.3 Å². The van der Waals surface area contributed by atoms with Crippen molar-refractivity contribution in [3.63, 3.8) is 0 Å². The number of nitrogens with zero attached hydrogens (tertiary/aromatic N) is 1. The molecule has 1 N–H and O–H groups in total. The average Bonchev–Trinajstić information content (AvgIpc) is 2.42. The standard InChI is InChI=1S/C14H19ClN2O2/c1-2-19-14(18)17-9-7-16(8-10-17)11-12-5-3-4-6-13(12)15/h3-6H,2,7-11H2,1H3/p+1. The lowest BCUT2D eigenvalue weighted by molar-refractivity contribution is -0.917. The number of benzene rings is 1. The van der Waals surface area contributed by atoms with Crippen molar-refractivity contribution in [3.8, 4) is 0 Å². The van der Waals surface area contributed by atoms with E-state index < -0.39 is 0 Å². The molecular formula is C14H20ClN2O2+. The van der Waals surface area contributed by atoms with Crippen LogP contribution in [-0.4, -0.2) is 43.8 Å². The first-order valence-corrected chi connectivity index (χ1v) is 7.07. The second-order valence-corrected chi connectivity index (χ2v) is 5.11. The molecule has 2 rings (SSSR count). The van der Waals surface area contributed by atoms with Gasteiger partial charge in [0.15, 0.2) is 0 Å². The van der Waals surface area contributed by atoms with Crippen molar-refractivity contribution in [3.05, 3.63) is 34.9 Å². The van der Waals surface area contributed by atoms with Crippen LogP contribution in [0.3, 0.4) is 0 Å². The lowest BCUT2D eigenvalue weighted by Gasteiger charge is -2.31. The van der Waals surface area contributed by atoms with E-state index in [0.29, 0.717) is 6.61 Å². The van der Waals surface area contributed by atoms with E-state index in [1.807, 2.05) is 25.1 Å². The maximum atomic E-state index is 11.6. The average molecular weight is 284 g/mol. The van der Waals surface area contributed by atoms with E-state index in [4.69, 9.17) is 16.3 Å². The van der Waals surface area contributed by atoms with Crippen LogP contribution in [0.2, 0.25) is 5.02 Å². The highest BCUT2D eigenvalue weighted by Crippen LogP contribution is 2.13. The Bertz CT molecular complexity index is 431. The number of piperazine rings is 1. The summed E-state index contributed by atoms with van der Waals surface area (Å²) in [7, 11) is 0. The fourth-order valence-corrected chi connectivity index (χ4v) is 2.51. The summed E-state index contributed by atoms with van der Waals surface area (Å²) in [6, 6.07) is 7.94. The zero-order chi connectivity index (χ0) is 13.7. The van der Waals surface area contributed by atoms with Crippen LogP contribution in [0.1, 0.15) is 12.5 Å². The van der Waals surface area contributed by atoms with Gasteiger partial charge in [0.25, 0.3) is 0 Å². The molecule has 0 aromatic heterocycles. The monoisotopic (exact) mass is 283 g/mol. The third-order valence-electron chi connectivity index (χ3n) is 3.39. The minimum absolute atomic E-state index is 0.195. The molecule has 4 nitrogen and oxygen atoms in total. The maximum Gasteiger partial charge on any atom is 0.410 e. The summed E-state index contributed by atoms with van der Waals surface area (Å²) >= 11 is 6.17. The summed E-state index contributed by atoms with van der Waals surface area (Å²) in [6.07, 6.45) is -0.195. The maximum absolute atomic E-state index is 11.6. The number of nitrogens with one attached hydrogen (secondary N) is 1. The summed E-state index contributed by atoms with van der Waals surface area (Å²) in [5.74, 6) is 0. The van der Waals surface area contributed by atoms with E-state index in [0.717, 1.165) is 37.7 Å². The highest BCUT2D eigenvalue weighted by Gasteiger charge is 2.24. The molecule has 1 aromatic rings. The van der Waals surface area contributed by atoms with Gasteiger partial charge in [0.2, 0.25) is 0 Å². The molecule has 1 amide bonds. The Hall–Kier alpha value is -1.26. The number of ether oxygens (including phenoxy) is 1. The zero-order valence-electron chi connectivity index (χ0n) is 11.2. The summed E-state index contributed by atoms with van der Waals surface area (Å²) in [5.41, 5.74) is 1.17. The number of halogens is 1. The zero-order valence-corrected chi connectivity index (χ0v) is 11.9. The van der Waals surface area contributed by atoms with Crippen molar-refractivity contribution in [2.24, 2.45) is 0 Å². The highest BCUT2D eigenvalue weighted by molar-refractivity contribution is 6.31. The van der Waals surface area contributed by atoms with Crippen LogP contribution in [0.4, 0.5) is 4.79 Å². The predicted molar refractivity (Wildman–Crippen MR) is 74.4 cm³/mol. The quantitative estimate of drug-likeness (QED) is 0.904. The smallest absolute Gasteiger partial charge is 0.410 e. The summed E-state index contributed by atoms with van der Waals surface area (Å²) in [4.78, 5) is 14.8. The molecule has 1 saturated heterocycles. The van der Waals surface area contributed by atoms with Crippen molar-refractivity contribution < 1.29 is 14.4 Å². The van der Waals surface area contributed by atoms with Crippen LogP contribution in [-0.2, 0) is 11.3 Å². The van der Waals surface area contributed by atoms with Crippen LogP contribution >= 0.6 is 11.6 Å². The normalized spacial score (nSPS) is 16.4. The molecule has 0 aliphatic carbocycles. The van der Waals surface area contributed by atoms with Gasteiger partial charge in [0.1, 0.15) is 6.54 Å². The van der Waals surface area contributed by atoms with Crippen molar-refractivity contribution in [1.82, 2.24) is 4.90 Å². The van der Waals surface area contributed by atoms with Gasteiger partial charge < -0.3 is 9.64 Å². The Labute approximate surface area is 118 Å². The minimum atomic E-state index is -0.195. The summed E-state index contributed by atoms with van der Waals surface area (Å²) in [5, 5.41) is 0.822. The molecule has 1 aliphatic rings. The van der Waals surface area contributed by atoms with E-state index in [9.17, 15) is 4.79 Å². The third-order valence-corrected chi connectivity index (χ3v) is 3.76. The molecule has 0 radical (unpaired) electrons. The van der Waals surface area contributed by atoms with E-state index in [1.54, 1.807) is 4.90 Å². The number of carbonyl (C=O) groups is 1. The van der Waals surface area contributed by atoms with Gasteiger partial charge in [0.05, 0.1) is 32.8 Å². The van der Waals surface area contributed by atoms with Crippen molar-refractivity contribution in [2.45, 2.75) is 13.5 Å². The van der Waals surface area contributed by atoms with Crippen LogP contribution in [0.5, 0.6) is 0 Å². The van der Waals surface area contributed by atoms with Gasteiger partial charge in [-0.05, 0) is 13.0 Å². The van der Waals surface area contributed by atoms with Crippen LogP contribution in [0.25, 0.3) is 0 Å². The second kappa shape index (κ2) is 6.78. The lowest BCUT2D eigenvalue weighted by Crippen LogP contribution is -3.13. The Morgan fingerprint density at radius 3 is 2.68 bits per heavy atom. The Morgan fingerprint density at radius 1 is 1.37 bits per heavy atom. The molecule has 104 valence electrons. The molecule has 0 spiro atoms. The Morgan fingerprint density at radius 2 is 2.05 bits per heavy atom. The molecule has 19 heavy (non-hydrogen) atoms. The SMILES string of the molecule is CCOC(=O)N1CC[NH+](Cc2ccccc2Cl)CC1. The molecule has 1 fully saturated rings. The highest BCUT2D eigenvalue weighted by atomic mass is 35.5. The van der Waals surface area contributed by atoms with E-state index in [2.05, 4.69) is 6.07 Å².